The molecule has 1 aliphatic heterocycles. The van der Waals surface area contributed by atoms with E-state index in [-0.39, 0.29) is 36.1 Å². The van der Waals surface area contributed by atoms with Crippen LogP contribution in [-0.2, 0) is 22.6 Å². The van der Waals surface area contributed by atoms with Gasteiger partial charge in [-0.2, -0.15) is 0 Å². The van der Waals surface area contributed by atoms with Crippen molar-refractivity contribution in [1.82, 2.24) is 9.80 Å². The Morgan fingerprint density at radius 2 is 1.65 bits per heavy atom. The fraction of sp³-hybridized carbons (Fsp3) is 0.290. The first-order chi connectivity index (χ1) is 18.0. The number of benzene rings is 3. The number of carbonyl (C=O) groups is 2. The first-order valence-electron chi connectivity index (χ1n) is 12.7. The number of hydrogen-bond acceptors (Lipinski definition) is 3. The van der Waals surface area contributed by atoms with E-state index < -0.39 is 6.04 Å². The van der Waals surface area contributed by atoms with E-state index in [1.165, 1.54) is 12.1 Å². The molecule has 6 heteroatoms. The van der Waals surface area contributed by atoms with Gasteiger partial charge in [0, 0.05) is 25.4 Å². The minimum atomic E-state index is -0.637. The molecule has 0 bridgehead atoms. The Labute approximate surface area is 217 Å². The Kier molecular flexibility index (Phi) is 7.35. The van der Waals surface area contributed by atoms with Crippen molar-refractivity contribution in [3.05, 3.63) is 114 Å². The predicted octanol–water partition coefficient (Wildman–Crippen LogP) is 5.32. The fourth-order valence-electron chi connectivity index (χ4n) is 4.89. The average molecular weight is 499 g/mol. The maximum Gasteiger partial charge on any atom is 0.246 e. The summed E-state index contributed by atoms with van der Waals surface area (Å²) in [5, 5.41) is 0. The van der Waals surface area contributed by atoms with E-state index in [4.69, 9.17) is 4.74 Å². The highest BCUT2D eigenvalue weighted by Gasteiger charge is 2.41. The molecule has 5 nitrogen and oxygen atoms in total. The van der Waals surface area contributed by atoms with Crippen LogP contribution < -0.4 is 4.74 Å². The van der Waals surface area contributed by atoms with Crippen molar-refractivity contribution in [1.29, 1.82) is 0 Å². The zero-order chi connectivity index (χ0) is 25.8. The molecule has 0 N–H and O–H groups in total. The van der Waals surface area contributed by atoms with E-state index in [0.29, 0.717) is 13.0 Å². The molecule has 37 heavy (non-hydrogen) atoms. The van der Waals surface area contributed by atoms with Crippen LogP contribution in [0.1, 0.15) is 35.6 Å². The van der Waals surface area contributed by atoms with E-state index in [2.05, 4.69) is 0 Å². The molecule has 1 fully saturated rings. The van der Waals surface area contributed by atoms with Crippen LogP contribution in [0.3, 0.4) is 0 Å². The minimum absolute atomic E-state index is 0.00170. The quantitative estimate of drug-likeness (QED) is 0.414. The molecule has 5 rings (SSSR count). The summed E-state index contributed by atoms with van der Waals surface area (Å²) in [7, 11) is 1.62. The van der Waals surface area contributed by atoms with Crippen LogP contribution in [0.5, 0.6) is 5.75 Å². The molecule has 1 aliphatic carbocycles. The average Bonchev–Trinajstić information content (AvgIpc) is 3.78. The first kappa shape index (κ1) is 24.8. The number of nitrogens with zero attached hydrogens (tertiary/aromatic N) is 2. The monoisotopic (exact) mass is 498 g/mol. The number of carbonyl (C=O) groups excluding carboxylic acids is 2. The topological polar surface area (TPSA) is 49.9 Å². The van der Waals surface area contributed by atoms with Gasteiger partial charge >= 0.3 is 0 Å². The van der Waals surface area contributed by atoms with Gasteiger partial charge in [-0.05, 0) is 53.8 Å². The standard InChI is InChI=1S/C31H31FN2O3/c1-37-27-17-13-24(14-18-27)28-8-5-19-33(30(35)25-11-12-25)29(20-22-6-3-2-4-7-22)31(36)34(28)21-23-9-15-26(32)16-10-23/h2-10,13-18,25,28-29H,11-12,19-21H2,1H3/t28?,29-/m1/s1. The maximum absolute atomic E-state index is 14.4. The van der Waals surface area contributed by atoms with Gasteiger partial charge in [-0.3, -0.25) is 9.59 Å². The van der Waals surface area contributed by atoms with Gasteiger partial charge in [0.2, 0.25) is 11.8 Å². The number of halogens is 1. The van der Waals surface area contributed by atoms with E-state index in [0.717, 1.165) is 35.3 Å². The Morgan fingerprint density at radius 1 is 0.946 bits per heavy atom. The largest absolute Gasteiger partial charge is 0.497 e. The third-order valence-electron chi connectivity index (χ3n) is 7.11. The molecule has 2 aliphatic rings. The SMILES string of the molecule is COc1ccc(C2C=CCN(C(=O)C3CC3)[C@H](Cc3ccccc3)C(=O)N2Cc2ccc(F)cc2)cc1. The summed E-state index contributed by atoms with van der Waals surface area (Å²) >= 11 is 0. The molecule has 1 unspecified atom stereocenters. The van der Waals surface area contributed by atoms with Crippen LogP contribution in [-0.4, -0.2) is 41.3 Å². The molecule has 2 atom stereocenters. The zero-order valence-electron chi connectivity index (χ0n) is 20.9. The summed E-state index contributed by atoms with van der Waals surface area (Å²) in [6, 6.07) is 22.8. The van der Waals surface area contributed by atoms with Gasteiger partial charge in [-0.1, -0.05) is 66.7 Å². The molecule has 190 valence electrons. The summed E-state index contributed by atoms with van der Waals surface area (Å²) in [4.78, 5) is 31.4. The molecule has 0 spiro atoms. The van der Waals surface area contributed by atoms with Crippen LogP contribution in [0.2, 0.25) is 0 Å². The molecule has 0 saturated heterocycles. The molecule has 3 aromatic carbocycles. The van der Waals surface area contributed by atoms with Gasteiger partial charge in [0.1, 0.15) is 17.6 Å². The third-order valence-corrected chi connectivity index (χ3v) is 7.11. The summed E-state index contributed by atoms with van der Waals surface area (Å²) in [6.45, 7) is 0.673. The summed E-state index contributed by atoms with van der Waals surface area (Å²) in [5.41, 5.74) is 2.76. The highest BCUT2D eigenvalue weighted by atomic mass is 19.1. The minimum Gasteiger partial charge on any atom is -0.497 e. The van der Waals surface area contributed by atoms with Gasteiger partial charge < -0.3 is 14.5 Å². The summed E-state index contributed by atoms with van der Waals surface area (Å²) in [5.74, 6) is 0.341. The molecule has 1 heterocycles. The Bertz CT molecular complexity index is 1250. The van der Waals surface area contributed by atoms with Gasteiger partial charge in [0.25, 0.3) is 0 Å². The number of amides is 2. The summed E-state index contributed by atoms with van der Waals surface area (Å²) < 4.78 is 19.0. The zero-order valence-corrected chi connectivity index (χ0v) is 20.9. The third kappa shape index (κ3) is 5.74. The van der Waals surface area contributed by atoms with Gasteiger partial charge in [0.05, 0.1) is 13.2 Å². The molecule has 0 radical (unpaired) electrons. The van der Waals surface area contributed by atoms with Crippen molar-refractivity contribution in [2.45, 2.75) is 37.9 Å². The van der Waals surface area contributed by atoms with E-state index in [9.17, 15) is 14.0 Å². The van der Waals surface area contributed by atoms with E-state index in [1.807, 2.05) is 71.6 Å². The molecular weight excluding hydrogens is 467 g/mol. The molecule has 2 amide bonds. The van der Waals surface area contributed by atoms with Crippen LogP contribution in [0.15, 0.2) is 91.0 Å². The predicted molar refractivity (Wildman–Crippen MR) is 140 cm³/mol. The normalized spacial score (nSPS) is 19.9. The lowest BCUT2D eigenvalue weighted by Crippen LogP contribution is -2.54. The Hall–Kier alpha value is -3.93. The van der Waals surface area contributed by atoms with Crippen molar-refractivity contribution >= 4 is 11.8 Å². The molecule has 0 aromatic heterocycles. The second-order valence-corrected chi connectivity index (χ2v) is 9.71. The fourth-order valence-corrected chi connectivity index (χ4v) is 4.89. The number of rotatable bonds is 7. The Morgan fingerprint density at radius 3 is 2.30 bits per heavy atom. The summed E-state index contributed by atoms with van der Waals surface area (Å²) in [6.07, 6.45) is 6.17. The van der Waals surface area contributed by atoms with Crippen molar-refractivity contribution in [2.75, 3.05) is 13.7 Å². The van der Waals surface area contributed by atoms with Crippen molar-refractivity contribution < 1.29 is 18.7 Å². The first-order valence-corrected chi connectivity index (χ1v) is 12.7. The molecular formula is C31H31FN2O3. The Balaban J connectivity index is 1.56. The second-order valence-electron chi connectivity index (χ2n) is 9.71. The van der Waals surface area contributed by atoms with E-state index in [1.54, 1.807) is 24.1 Å². The van der Waals surface area contributed by atoms with Crippen molar-refractivity contribution in [3.8, 4) is 5.75 Å². The van der Waals surface area contributed by atoms with Crippen LogP contribution in [0, 0.1) is 11.7 Å². The van der Waals surface area contributed by atoms with Gasteiger partial charge in [-0.25, -0.2) is 4.39 Å². The molecule has 1 saturated carbocycles. The highest BCUT2D eigenvalue weighted by Crippen LogP contribution is 2.34. The molecule has 3 aromatic rings. The maximum atomic E-state index is 14.4. The van der Waals surface area contributed by atoms with Crippen LogP contribution in [0.4, 0.5) is 4.39 Å². The van der Waals surface area contributed by atoms with Crippen molar-refractivity contribution in [3.63, 3.8) is 0 Å². The van der Waals surface area contributed by atoms with Crippen LogP contribution in [0.25, 0.3) is 0 Å². The van der Waals surface area contributed by atoms with Crippen molar-refractivity contribution in [2.24, 2.45) is 5.92 Å². The lowest BCUT2D eigenvalue weighted by molar-refractivity contribution is -0.148. The second kappa shape index (κ2) is 11.0. The number of hydrogen-bond donors (Lipinski definition) is 0. The number of methoxy groups -OCH3 is 1. The van der Waals surface area contributed by atoms with E-state index >= 15 is 0 Å². The van der Waals surface area contributed by atoms with Crippen LogP contribution >= 0.6 is 0 Å². The smallest absolute Gasteiger partial charge is 0.246 e. The van der Waals surface area contributed by atoms with Gasteiger partial charge in [-0.15, -0.1) is 0 Å². The lowest BCUT2D eigenvalue weighted by atomic mass is 9.97. The highest BCUT2D eigenvalue weighted by molar-refractivity contribution is 5.90. The number of ether oxygens (including phenoxy) is 1. The van der Waals surface area contributed by atoms with Gasteiger partial charge in [0.15, 0.2) is 0 Å². The lowest BCUT2D eigenvalue weighted by Gasteiger charge is -2.39.